The molecule has 4 heterocycles. The number of carbonyl (C=O) groups excluding carboxylic acids is 2. The van der Waals surface area contributed by atoms with Crippen LogP contribution in [0.5, 0.6) is 0 Å². The number of halogens is 2. The Hall–Kier alpha value is -0.960. The van der Waals surface area contributed by atoms with Gasteiger partial charge in [-0.3, -0.25) is 9.59 Å². The fraction of sp³-hybridized carbons (Fsp3) is 0.571. The first-order valence-corrected chi connectivity index (χ1v) is 16.5. The van der Waals surface area contributed by atoms with Crippen LogP contribution in [0.1, 0.15) is 88.8 Å². The largest absolute Gasteiger partial charge is 0.306 e. The van der Waals surface area contributed by atoms with Gasteiger partial charge in [0.15, 0.2) is 0 Å². The predicted molar refractivity (Wildman–Crippen MR) is 162 cm³/mol. The van der Waals surface area contributed by atoms with Crippen LogP contribution in [-0.2, 0) is 9.59 Å². The average Bonchev–Trinajstić information content (AvgIpc) is 3.55. The van der Waals surface area contributed by atoms with Gasteiger partial charge in [-0.2, -0.15) is 0 Å². The van der Waals surface area contributed by atoms with E-state index in [1.165, 1.54) is 12.8 Å². The molecule has 2 unspecified atom stereocenters. The molecule has 0 aromatic carbocycles. The summed E-state index contributed by atoms with van der Waals surface area (Å²) in [7, 11) is 0. The fourth-order valence-corrected chi connectivity index (χ4v) is 8.57. The van der Waals surface area contributed by atoms with E-state index in [4.69, 9.17) is 0 Å². The molecule has 196 valence electrons. The van der Waals surface area contributed by atoms with Gasteiger partial charge >= 0.3 is 0 Å². The van der Waals surface area contributed by atoms with Gasteiger partial charge in [0, 0.05) is 13.1 Å². The van der Waals surface area contributed by atoms with Crippen LogP contribution >= 0.6 is 54.5 Å². The number of thiophene rings is 2. The van der Waals surface area contributed by atoms with E-state index in [9.17, 15) is 9.59 Å². The van der Waals surface area contributed by atoms with Crippen LogP contribution in [0, 0.1) is 11.8 Å². The molecule has 2 amide bonds. The molecule has 2 aliphatic rings. The lowest BCUT2D eigenvalue weighted by Crippen LogP contribution is -2.34. The molecule has 0 fully saturated rings. The van der Waals surface area contributed by atoms with E-state index >= 15 is 0 Å². The van der Waals surface area contributed by atoms with E-state index in [1.807, 2.05) is 9.80 Å². The minimum Gasteiger partial charge on any atom is -0.306 e. The molecule has 2 aromatic heterocycles. The summed E-state index contributed by atoms with van der Waals surface area (Å²) in [6, 6.07) is 4.11. The first-order valence-electron chi connectivity index (χ1n) is 13.3. The molecule has 0 bridgehead atoms. The molecule has 4 rings (SSSR count). The van der Waals surface area contributed by atoms with Crippen LogP contribution in [0.3, 0.4) is 0 Å². The van der Waals surface area contributed by atoms with Crippen LogP contribution in [0.4, 0.5) is 11.4 Å². The van der Waals surface area contributed by atoms with Crippen LogP contribution in [0.15, 0.2) is 19.7 Å². The van der Waals surface area contributed by atoms with Crippen molar-refractivity contribution in [2.45, 2.75) is 79.1 Å². The summed E-state index contributed by atoms with van der Waals surface area (Å²) in [5.41, 5.74) is 3.09. The number of fused-ring (bicyclic) bond motifs is 2. The Morgan fingerprint density at radius 1 is 0.722 bits per heavy atom. The lowest BCUT2D eigenvalue weighted by molar-refractivity contribution is -0.114. The first kappa shape index (κ1) is 28.1. The molecule has 8 heteroatoms. The Balaban J connectivity index is 1.75. The highest BCUT2D eigenvalue weighted by Gasteiger charge is 2.45. The second-order valence-corrected chi connectivity index (χ2v) is 14.8. The third kappa shape index (κ3) is 5.43. The molecule has 0 saturated heterocycles. The number of nitrogens with zero attached hydrogens (tertiary/aromatic N) is 2. The van der Waals surface area contributed by atoms with Gasteiger partial charge in [0.2, 0.25) is 0 Å². The van der Waals surface area contributed by atoms with Crippen molar-refractivity contribution >= 4 is 88.9 Å². The monoisotopic (exact) mass is 654 g/mol. The van der Waals surface area contributed by atoms with E-state index < -0.39 is 0 Å². The second kappa shape index (κ2) is 12.3. The minimum absolute atomic E-state index is 0.0163. The molecule has 0 aliphatic carbocycles. The second-order valence-electron chi connectivity index (χ2n) is 9.94. The normalized spacial score (nSPS) is 18.8. The number of hydrogen-bond acceptors (Lipinski definition) is 4. The molecular weight excluding hydrogens is 620 g/mol. The van der Waals surface area contributed by atoms with Crippen LogP contribution in [0.25, 0.3) is 11.1 Å². The molecule has 36 heavy (non-hydrogen) atoms. The van der Waals surface area contributed by atoms with Crippen LogP contribution in [-0.4, -0.2) is 24.9 Å². The summed E-state index contributed by atoms with van der Waals surface area (Å²) in [6.07, 6.45) is 8.99. The maximum Gasteiger partial charge on any atom is 0.260 e. The number of rotatable bonds is 12. The predicted octanol–water partition coefficient (Wildman–Crippen LogP) is 9.37. The molecule has 0 spiro atoms. The third-order valence-electron chi connectivity index (χ3n) is 7.54. The quantitative estimate of drug-likeness (QED) is 0.214. The number of carbonyl (C=O) groups is 2. The van der Waals surface area contributed by atoms with Crippen LogP contribution < -0.4 is 9.80 Å². The first-order chi connectivity index (χ1) is 17.3. The fourth-order valence-electron chi connectivity index (χ4n) is 5.30. The third-order valence-corrected chi connectivity index (χ3v) is 10.8. The molecule has 4 nitrogen and oxygen atoms in total. The summed E-state index contributed by atoms with van der Waals surface area (Å²) >= 11 is 10.4. The van der Waals surface area contributed by atoms with Crippen molar-refractivity contribution in [3.63, 3.8) is 0 Å². The highest BCUT2D eigenvalue weighted by molar-refractivity contribution is 9.11. The molecule has 2 atom stereocenters. The van der Waals surface area contributed by atoms with E-state index in [0.29, 0.717) is 36.1 Å². The van der Waals surface area contributed by atoms with E-state index in [0.717, 1.165) is 67.2 Å². The van der Waals surface area contributed by atoms with Gasteiger partial charge in [0.05, 0.1) is 39.8 Å². The van der Waals surface area contributed by atoms with Gasteiger partial charge in [0.25, 0.3) is 11.8 Å². The van der Waals surface area contributed by atoms with Crippen molar-refractivity contribution in [3.8, 4) is 0 Å². The SMILES string of the molecule is CCCCC(CC)CN1C(=O)C(=C2C(=O)N(CC(CC)CCCC)c3cc(Br)sc32)c2sc(Br)cc21. The van der Waals surface area contributed by atoms with Crippen molar-refractivity contribution in [1.29, 1.82) is 0 Å². The van der Waals surface area contributed by atoms with Crippen LogP contribution in [0.2, 0.25) is 0 Å². The van der Waals surface area contributed by atoms with Crippen molar-refractivity contribution in [3.05, 3.63) is 29.5 Å². The summed E-state index contributed by atoms with van der Waals surface area (Å²) < 4.78 is 1.98. The van der Waals surface area contributed by atoms with Crippen molar-refractivity contribution < 1.29 is 9.59 Å². The van der Waals surface area contributed by atoms with Gasteiger partial charge in [-0.25, -0.2) is 0 Å². The zero-order valence-corrected chi connectivity index (χ0v) is 26.5. The lowest BCUT2D eigenvalue weighted by atomic mass is 9.98. The van der Waals surface area contributed by atoms with E-state index in [1.54, 1.807) is 22.7 Å². The van der Waals surface area contributed by atoms with Gasteiger partial charge in [-0.05, 0) is 68.7 Å². The standard InChI is InChI=1S/C28H36Br2N2O2S2/c1-5-9-11-17(7-3)15-31-19-13-21(29)35-25(19)23(27(31)33)24-26-20(14-22(30)36-26)32(28(24)34)16-18(8-4)12-10-6-2/h13-14,17-18H,5-12,15-16H2,1-4H3. The topological polar surface area (TPSA) is 40.6 Å². The number of unbranched alkanes of at least 4 members (excludes halogenated alkanes) is 2. The number of hydrogen-bond donors (Lipinski definition) is 0. The summed E-state index contributed by atoms with van der Waals surface area (Å²) in [6.45, 7) is 10.3. The highest BCUT2D eigenvalue weighted by atomic mass is 79.9. The highest BCUT2D eigenvalue weighted by Crippen LogP contribution is 2.53. The summed E-state index contributed by atoms with van der Waals surface area (Å²) in [5, 5.41) is 0. The summed E-state index contributed by atoms with van der Waals surface area (Å²) in [4.78, 5) is 33.8. The molecule has 2 aliphatic heterocycles. The Labute approximate surface area is 240 Å². The summed E-state index contributed by atoms with van der Waals surface area (Å²) in [5.74, 6) is 0.876. The molecule has 0 N–H and O–H groups in total. The van der Waals surface area contributed by atoms with Gasteiger partial charge in [-0.15, -0.1) is 22.7 Å². The van der Waals surface area contributed by atoms with Crippen molar-refractivity contribution in [1.82, 2.24) is 0 Å². The maximum atomic E-state index is 14.0. The average molecular weight is 657 g/mol. The molecule has 0 saturated carbocycles. The zero-order chi connectivity index (χ0) is 26.0. The molecular formula is C28H36Br2N2O2S2. The van der Waals surface area contributed by atoms with Crippen molar-refractivity contribution in [2.24, 2.45) is 11.8 Å². The van der Waals surface area contributed by atoms with Gasteiger partial charge < -0.3 is 9.80 Å². The Morgan fingerprint density at radius 2 is 1.11 bits per heavy atom. The zero-order valence-electron chi connectivity index (χ0n) is 21.7. The van der Waals surface area contributed by atoms with Crippen molar-refractivity contribution in [2.75, 3.05) is 22.9 Å². The van der Waals surface area contributed by atoms with Gasteiger partial charge in [0.1, 0.15) is 0 Å². The Kier molecular flexibility index (Phi) is 9.56. The van der Waals surface area contributed by atoms with Gasteiger partial charge in [-0.1, -0.05) is 66.2 Å². The molecule has 2 aromatic rings. The number of amides is 2. The Morgan fingerprint density at radius 3 is 1.44 bits per heavy atom. The Bertz CT molecular complexity index is 1060. The smallest absolute Gasteiger partial charge is 0.260 e. The molecule has 0 radical (unpaired) electrons. The minimum atomic E-state index is -0.0163. The van der Waals surface area contributed by atoms with E-state index in [-0.39, 0.29) is 11.8 Å². The maximum absolute atomic E-state index is 14.0. The van der Waals surface area contributed by atoms with E-state index in [2.05, 4.69) is 71.7 Å². The lowest BCUT2D eigenvalue weighted by Gasteiger charge is -2.24. The number of anilines is 2.